The Morgan fingerprint density at radius 2 is 1.78 bits per heavy atom. The number of hydrogen-bond donors (Lipinski definition) is 1. The second kappa shape index (κ2) is 12.8. The third-order valence-electron chi connectivity index (χ3n) is 9.88. The molecule has 1 aliphatic carbocycles. The molecule has 282 valence electrons. The van der Waals surface area contributed by atoms with E-state index in [1.54, 1.807) is 81.9 Å². The number of hydrogen-bond acceptors (Lipinski definition) is 9. The number of rotatable bonds is 4. The fraction of sp³-hybridized carbons (Fsp3) is 0.368. The minimum absolute atomic E-state index is 0.00792. The molecule has 2 aliphatic heterocycles. The van der Waals surface area contributed by atoms with Gasteiger partial charge in [-0.2, -0.15) is 4.39 Å². The third kappa shape index (κ3) is 5.93. The van der Waals surface area contributed by atoms with Gasteiger partial charge in [-0.1, -0.05) is 30.3 Å². The molecule has 1 amide bonds. The van der Waals surface area contributed by atoms with Crippen LogP contribution in [0, 0.1) is 5.95 Å². The van der Waals surface area contributed by atoms with Crippen LogP contribution < -0.4 is 15.7 Å². The predicted octanol–water partition coefficient (Wildman–Crippen LogP) is 5.53. The van der Waals surface area contributed by atoms with Crippen LogP contribution in [0.25, 0.3) is 44.5 Å². The van der Waals surface area contributed by atoms with Gasteiger partial charge in [0.1, 0.15) is 17.5 Å². The number of pyridine rings is 1. The van der Waals surface area contributed by atoms with Crippen molar-refractivity contribution >= 4 is 38.2 Å². The van der Waals surface area contributed by atoms with Crippen molar-refractivity contribution < 1.29 is 31.8 Å². The largest absolute Gasteiger partial charge is 0.488 e. The van der Waals surface area contributed by atoms with Crippen molar-refractivity contribution in [3.05, 3.63) is 83.4 Å². The maximum absolute atomic E-state index is 16.0. The number of carbonyl (C=O) groups is 1. The number of fused-ring (bicyclic) bond motifs is 5. The summed E-state index contributed by atoms with van der Waals surface area (Å²) in [6.45, 7) is 7.38. The Morgan fingerprint density at radius 3 is 2.44 bits per heavy atom. The van der Waals surface area contributed by atoms with Crippen LogP contribution in [-0.2, 0) is 33.6 Å². The maximum Gasteiger partial charge on any atom is 0.407 e. The highest BCUT2D eigenvalue weighted by molar-refractivity contribution is 7.90. The summed E-state index contributed by atoms with van der Waals surface area (Å²) >= 11 is 0. The zero-order chi connectivity index (χ0) is 38.3. The molecule has 4 atom stereocenters. The number of nitrogens with zero attached hydrogens (tertiary/aromatic N) is 6. The average molecular weight is 758 g/mol. The topological polar surface area (TPSA) is 153 Å². The molecule has 16 heteroatoms. The molecule has 54 heavy (non-hydrogen) atoms. The third-order valence-corrected chi connectivity index (χ3v) is 11.6. The van der Waals surface area contributed by atoms with Gasteiger partial charge in [-0.25, -0.2) is 27.0 Å². The van der Waals surface area contributed by atoms with Crippen LogP contribution in [0.4, 0.5) is 9.18 Å². The van der Waals surface area contributed by atoms with Crippen LogP contribution in [-0.4, -0.2) is 72.8 Å². The number of benzene rings is 2. The molecular weight excluding hydrogens is 718 g/mol. The van der Waals surface area contributed by atoms with Crippen LogP contribution in [0.15, 0.2) is 76.7 Å². The molecule has 1 saturated carbocycles. The number of nitrogens with one attached hydrogen (secondary N) is 1. The molecule has 4 bridgehead atoms. The molecular formula is C38H40FN7O7S. The summed E-state index contributed by atoms with van der Waals surface area (Å²) in [6.07, 6.45) is 1.94. The second-order valence-corrected chi connectivity index (χ2v) is 16.7. The lowest BCUT2D eigenvalue weighted by molar-refractivity contribution is -0.00740. The molecule has 1 fully saturated rings. The first kappa shape index (κ1) is 35.5. The van der Waals surface area contributed by atoms with Crippen LogP contribution in [0.2, 0.25) is 0 Å². The highest BCUT2D eigenvalue weighted by Crippen LogP contribution is 2.47. The van der Waals surface area contributed by atoms with Crippen molar-refractivity contribution in [3.63, 3.8) is 0 Å². The SMILES string of the molecule is CC1CO[C@H]2C[C@H](C[C@@H]2NC(=O)OC(C)(C)C)n2c(=O)n(C)c3cnc4c(c(c(-c5cn(C)nc5F)n4S(=O)(=O)c4ccccc4)-c4ccc(cc4)O1)c32. The Morgan fingerprint density at radius 1 is 1.06 bits per heavy atom. The number of halogens is 1. The zero-order valence-electron chi connectivity index (χ0n) is 30.6. The van der Waals surface area contributed by atoms with Gasteiger partial charge in [-0.3, -0.25) is 13.8 Å². The van der Waals surface area contributed by atoms with Crippen molar-refractivity contribution in [1.82, 2.24) is 33.2 Å². The van der Waals surface area contributed by atoms with Gasteiger partial charge in [-0.15, -0.1) is 5.10 Å². The standard InChI is InChI=1S/C38H40FN7O7S/c1-21-20-51-29-17-23(16-27(29)41-36(47)53-38(2,3)4)45-33-28(44(6)37(45)48)18-40-35-31(33)30(22-12-14-24(52-21)15-13-22)32(26-19-43(5)42-34(26)39)46(35)54(49,50)25-10-8-7-9-11-25/h7-15,18-19,21,23,27,29H,16-17,20H2,1-6H3,(H,41,47)/t21?,23-,27-,29-/m0/s1. The molecule has 2 aromatic carbocycles. The van der Waals surface area contributed by atoms with E-state index in [1.165, 1.54) is 33.8 Å². The summed E-state index contributed by atoms with van der Waals surface area (Å²) in [7, 11) is -1.28. The number of amides is 1. The fourth-order valence-corrected chi connectivity index (χ4v) is 9.17. The molecule has 3 aliphatic rings. The molecule has 0 radical (unpaired) electrons. The molecule has 6 aromatic rings. The van der Waals surface area contributed by atoms with Gasteiger partial charge in [0.2, 0.25) is 5.95 Å². The number of imidazole rings is 1. The summed E-state index contributed by atoms with van der Waals surface area (Å²) in [5, 5.41) is 7.24. The minimum Gasteiger partial charge on any atom is -0.488 e. The molecule has 6 heterocycles. The Labute approximate surface area is 310 Å². The van der Waals surface area contributed by atoms with Gasteiger partial charge >= 0.3 is 11.8 Å². The van der Waals surface area contributed by atoms with Crippen molar-refractivity contribution in [3.8, 4) is 28.1 Å². The van der Waals surface area contributed by atoms with Crippen LogP contribution >= 0.6 is 0 Å². The summed E-state index contributed by atoms with van der Waals surface area (Å²) in [5.74, 6) is -0.369. The van der Waals surface area contributed by atoms with E-state index in [9.17, 15) is 18.0 Å². The minimum atomic E-state index is -4.45. The Balaban J connectivity index is 1.48. The predicted molar refractivity (Wildman–Crippen MR) is 198 cm³/mol. The fourth-order valence-electron chi connectivity index (χ4n) is 7.66. The van der Waals surface area contributed by atoms with Gasteiger partial charge < -0.3 is 19.5 Å². The first-order valence-electron chi connectivity index (χ1n) is 17.6. The van der Waals surface area contributed by atoms with Gasteiger partial charge in [0, 0.05) is 31.9 Å². The first-order chi connectivity index (χ1) is 25.6. The second-order valence-electron chi connectivity index (χ2n) is 14.9. The number of ether oxygens (including phenoxy) is 3. The number of carbonyl (C=O) groups excluding carboxylic acids is 1. The van der Waals surface area contributed by atoms with E-state index in [0.717, 1.165) is 3.97 Å². The summed E-state index contributed by atoms with van der Waals surface area (Å²) in [5.41, 5.74) is 0.471. The summed E-state index contributed by atoms with van der Waals surface area (Å²) in [6, 6.07) is 13.8. The van der Waals surface area contributed by atoms with E-state index in [2.05, 4.69) is 10.4 Å². The molecule has 1 N–H and O–H groups in total. The molecule has 9 rings (SSSR count). The average Bonchev–Trinajstić information content (AvgIpc) is 3.83. The van der Waals surface area contributed by atoms with E-state index in [1.807, 2.05) is 6.92 Å². The number of aryl methyl sites for hydroxylation is 2. The lowest BCUT2D eigenvalue weighted by Gasteiger charge is -2.25. The van der Waals surface area contributed by atoms with Crippen molar-refractivity contribution in [2.75, 3.05) is 6.61 Å². The van der Waals surface area contributed by atoms with Gasteiger partial charge in [0.15, 0.2) is 5.65 Å². The molecule has 14 nitrogen and oxygen atoms in total. The van der Waals surface area contributed by atoms with Crippen LogP contribution in [0.1, 0.15) is 46.6 Å². The van der Waals surface area contributed by atoms with Crippen LogP contribution in [0.3, 0.4) is 0 Å². The van der Waals surface area contributed by atoms with E-state index < -0.39 is 52.0 Å². The monoisotopic (exact) mass is 757 g/mol. The lowest BCUT2D eigenvalue weighted by atomic mass is 9.99. The quantitative estimate of drug-likeness (QED) is 0.245. The molecule has 1 unspecified atom stereocenters. The maximum atomic E-state index is 16.0. The number of aromatic nitrogens is 6. The van der Waals surface area contributed by atoms with Crippen molar-refractivity contribution in [2.24, 2.45) is 14.1 Å². The van der Waals surface area contributed by atoms with E-state index in [-0.39, 0.29) is 40.5 Å². The normalized spacial score (nSPS) is 20.3. The highest BCUT2D eigenvalue weighted by atomic mass is 32.2. The Kier molecular flexibility index (Phi) is 8.45. The van der Waals surface area contributed by atoms with E-state index in [4.69, 9.17) is 19.2 Å². The first-order valence-corrected chi connectivity index (χ1v) is 19.1. The van der Waals surface area contributed by atoms with Gasteiger partial charge in [-0.05, 0) is 70.4 Å². The van der Waals surface area contributed by atoms with E-state index >= 15 is 4.39 Å². The summed E-state index contributed by atoms with van der Waals surface area (Å²) in [4.78, 5) is 32.2. The molecule has 0 spiro atoms. The summed E-state index contributed by atoms with van der Waals surface area (Å²) < 4.78 is 69.3. The zero-order valence-corrected chi connectivity index (χ0v) is 31.4. The van der Waals surface area contributed by atoms with Gasteiger partial charge in [0.25, 0.3) is 10.0 Å². The van der Waals surface area contributed by atoms with E-state index in [0.29, 0.717) is 39.7 Å². The highest BCUT2D eigenvalue weighted by Gasteiger charge is 2.41. The Hall–Kier alpha value is -5.48. The number of alkyl carbamates (subject to hydrolysis) is 1. The smallest absolute Gasteiger partial charge is 0.407 e. The van der Waals surface area contributed by atoms with Crippen molar-refractivity contribution in [2.45, 2.75) is 75.3 Å². The Bertz CT molecular complexity index is 2600. The lowest BCUT2D eigenvalue weighted by Crippen LogP contribution is -2.44. The van der Waals surface area contributed by atoms with Gasteiger partial charge in [0.05, 0.1) is 57.5 Å². The van der Waals surface area contributed by atoms with Crippen molar-refractivity contribution in [1.29, 1.82) is 0 Å². The van der Waals surface area contributed by atoms with Crippen LogP contribution in [0.5, 0.6) is 5.75 Å². The molecule has 4 aromatic heterocycles. The molecule has 0 saturated heterocycles.